The standard InChI is InChI=1S/C59H50N3O.Pt/c1-37-30-49(55-51(31-37)48(28-29-60-55)39-15-9-8-10-16-39)42-18-13-19-43(33-42)50-34-44(41-21-20-38-14-11-12-17-40(38)32-41)35-53-56(50)61-57(52-36-46(59(5,6)7)24-27-54(52)63)62(53)47-25-22-45(23-26-47)58(2,3)4;/h8-32,34-36,63H,1-7H3;/q-1;. The molecule has 8 aromatic carbocycles. The Bertz CT molecular complexity index is 3370. The van der Waals surface area contributed by atoms with Gasteiger partial charge < -0.3 is 5.11 Å². The fourth-order valence-corrected chi connectivity index (χ4v) is 8.91. The number of fused-ring (bicyclic) bond motifs is 3. The Kier molecular flexibility index (Phi) is 11.0. The summed E-state index contributed by atoms with van der Waals surface area (Å²) in [5, 5.41) is 15.2. The Hall–Kier alpha value is -6.61. The Morgan fingerprint density at radius 3 is 1.91 bits per heavy atom. The van der Waals surface area contributed by atoms with Crippen LogP contribution in [0.1, 0.15) is 58.2 Å². The van der Waals surface area contributed by atoms with Gasteiger partial charge in [-0.3, -0.25) is 9.55 Å². The molecule has 4 nitrogen and oxygen atoms in total. The van der Waals surface area contributed by atoms with Gasteiger partial charge in [0.05, 0.1) is 16.6 Å². The molecule has 0 unspecified atom stereocenters. The SMILES string of the molecule is Cc1cc(-c2[c-]c(-c3cc(-c4ccc5ccccc5c4)cc4c3nc(-c3cc(C(C)(C)C)ccc3O)n4-c3ccc(C(C)(C)C)cc3)ccc2)c2nccc(-c3ccccc3)c2c1.[Pt]. The maximum Gasteiger partial charge on any atom is 0.148 e. The van der Waals surface area contributed by atoms with Crippen LogP contribution >= 0.6 is 0 Å². The molecule has 64 heavy (non-hydrogen) atoms. The average molecular weight is 1010 g/mol. The summed E-state index contributed by atoms with van der Waals surface area (Å²) in [4.78, 5) is 10.5. The first-order valence-electron chi connectivity index (χ1n) is 21.8. The number of phenols is 1. The molecule has 0 aliphatic heterocycles. The van der Waals surface area contributed by atoms with Crippen molar-refractivity contribution in [2.24, 2.45) is 0 Å². The number of phenolic OH excluding ortho intramolecular Hbond substituents is 1. The number of hydrogen-bond acceptors (Lipinski definition) is 3. The van der Waals surface area contributed by atoms with Gasteiger partial charge in [-0.15, -0.1) is 35.4 Å². The summed E-state index contributed by atoms with van der Waals surface area (Å²) >= 11 is 0. The van der Waals surface area contributed by atoms with E-state index in [4.69, 9.17) is 9.97 Å². The van der Waals surface area contributed by atoms with Gasteiger partial charge >= 0.3 is 0 Å². The number of benzene rings is 8. The first kappa shape index (κ1) is 42.7. The van der Waals surface area contributed by atoms with Crippen molar-refractivity contribution in [1.82, 2.24) is 14.5 Å². The molecule has 0 radical (unpaired) electrons. The molecule has 2 heterocycles. The third-order valence-electron chi connectivity index (χ3n) is 12.4. The van der Waals surface area contributed by atoms with Crippen LogP contribution in [0.15, 0.2) is 170 Å². The van der Waals surface area contributed by atoms with Crippen LogP contribution in [-0.4, -0.2) is 19.6 Å². The first-order valence-corrected chi connectivity index (χ1v) is 21.8. The zero-order valence-corrected chi connectivity index (χ0v) is 39.5. The third-order valence-corrected chi connectivity index (χ3v) is 12.4. The summed E-state index contributed by atoms with van der Waals surface area (Å²) in [6.45, 7) is 15.5. The van der Waals surface area contributed by atoms with E-state index in [1.807, 2.05) is 18.3 Å². The number of imidazole rings is 1. The quantitative estimate of drug-likeness (QED) is 0.169. The molecule has 0 spiro atoms. The number of aryl methyl sites for hydroxylation is 1. The Balaban J connectivity index is 0.00000518. The van der Waals surface area contributed by atoms with E-state index in [2.05, 4.69) is 211 Å². The topological polar surface area (TPSA) is 50.9 Å². The van der Waals surface area contributed by atoms with Crippen LogP contribution in [0, 0.1) is 13.0 Å². The Labute approximate surface area is 390 Å². The van der Waals surface area contributed by atoms with E-state index in [1.165, 1.54) is 16.3 Å². The molecular formula is C59H50N3OPt-. The van der Waals surface area contributed by atoms with E-state index in [0.29, 0.717) is 11.4 Å². The van der Waals surface area contributed by atoms with Gasteiger partial charge in [0.15, 0.2) is 0 Å². The average Bonchev–Trinajstić information content (AvgIpc) is 3.67. The van der Waals surface area contributed by atoms with Crippen LogP contribution in [0.3, 0.4) is 0 Å². The molecule has 2 aromatic heterocycles. The fourth-order valence-electron chi connectivity index (χ4n) is 8.91. The van der Waals surface area contributed by atoms with E-state index in [0.717, 1.165) is 83.3 Å². The second-order valence-corrected chi connectivity index (χ2v) is 18.9. The molecule has 0 aliphatic carbocycles. The van der Waals surface area contributed by atoms with Crippen molar-refractivity contribution in [1.29, 1.82) is 0 Å². The number of pyridine rings is 1. The number of hydrogen-bond donors (Lipinski definition) is 1. The molecule has 0 amide bonds. The molecule has 0 bridgehead atoms. The molecule has 10 rings (SSSR count). The molecule has 318 valence electrons. The Morgan fingerprint density at radius 2 is 1.19 bits per heavy atom. The monoisotopic (exact) mass is 1010 g/mol. The van der Waals surface area contributed by atoms with Gasteiger partial charge in [0.2, 0.25) is 0 Å². The van der Waals surface area contributed by atoms with Gasteiger partial charge in [0.1, 0.15) is 11.6 Å². The minimum absolute atomic E-state index is 0. The van der Waals surface area contributed by atoms with Gasteiger partial charge in [-0.2, -0.15) is 0 Å². The zero-order chi connectivity index (χ0) is 43.6. The van der Waals surface area contributed by atoms with Crippen LogP contribution < -0.4 is 0 Å². The van der Waals surface area contributed by atoms with Crippen LogP contribution in [0.5, 0.6) is 5.75 Å². The van der Waals surface area contributed by atoms with Crippen molar-refractivity contribution < 1.29 is 26.2 Å². The van der Waals surface area contributed by atoms with Crippen molar-refractivity contribution in [2.45, 2.75) is 59.3 Å². The molecule has 0 saturated carbocycles. The Morgan fingerprint density at radius 1 is 0.516 bits per heavy atom. The van der Waals surface area contributed by atoms with E-state index in [-0.39, 0.29) is 37.6 Å². The molecule has 5 heteroatoms. The van der Waals surface area contributed by atoms with E-state index < -0.39 is 0 Å². The van der Waals surface area contributed by atoms with Crippen molar-refractivity contribution in [2.75, 3.05) is 0 Å². The maximum absolute atomic E-state index is 11.7. The van der Waals surface area contributed by atoms with Gasteiger partial charge in [-0.05, 0) is 104 Å². The molecule has 10 aromatic rings. The van der Waals surface area contributed by atoms with Gasteiger partial charge in [-0.1, -0.05) is 161 Å². The summed E-state index contributed by atoms with van der Waals surface area (Å²) in [5.41, 5.74) is 16.0. The van der Waals surface area contributed by atoms with Gasteiger partial charge in [0.25, 0.3) is 0 Å². The normalized spacial score (nSPS) is 11.9. The molecule has 0 atom stereocenters. The van der Waals surface area contributed by atoms with Crippen LogP contribution in [-0.2, 0) is 31.9 Å². The predicted molar refractivity (Wildman–Crippen MR) is 264 cm³/mol. The van der Waals surface area contributed by atoms with Crippen molar-refractivity contribution >= 4 is 32.7 Å². The minimum Gasteiger partial charge on any atom is -0.507 e. The minimum atomic E-state index is -0.145. The first-order chi connectivity index (χ1) is 30.3. The maximum atomic E-state index is 11.7. The van der Waals surface area contributed by atoms with Crippen LogP contribution in [0.4, 0.5) is 0 Å². The predicted octanol–water partition coefficient (Wildman–Crippen LogP) is 15.5. The van der Waals surface area contributed by atoms with Gasteiger partial charge in [0, 0.05) is 43.9 Å². The smallest absolute Gasteiger partial charge is 0.148 e. The van der Waals surface area contributed by atoms with E-state index in [1.54, 1.807) is 0 Å². The second-order valence-electron chi connectivity index (χ2n) is 18.9. The number of nitrogens with zero attached hydrogens (tertiary/aromatic N) is 3. The molecule has 0 saturated heterocycles. The number of aromatic nitrogens is 3. The largest absolute Gasteiger partial charge is 0.507 e. The molecule has 1 N–H and O–H groups in total. The van der Waals surface area contributed by atoms with Crippen molar-refractivity contribution in [3.8, 4) is 67.3 Å². The van der Waals surface area contributed by atoms with Crippen molar-refractivity contribution in [3.63, 3.8) is 0 Å². The van der Waals surface area contributed by atoms with Crippen LogP contribution in [0.2, 0.25) is 0 Å². The summed E-state index contributed by atoms with van der Waals surface area (Å²) in [7, 11) is 0. The molecule has 0 fully saturated rings. The molecule has 0 aliphatic rings. The van der Waals surface area contributed by atoms with E-state index in [9.17, 15) is 5.11 Å². The third kappa shape index (κ3) is 7.86. The summed E-state index contributed by atoms with van der Waals surface area (Å²) in [6, 6.07) is 61.8. The van der Waals surface area contributed by atoms with Gasteiger partial charge in [-0.25, -0.2) is 4.98 Å². The fraction of sp³-hybridized carbons (Fsp3) is 0.153. The van der Waals surface area contributed by atoms with Crippen LogP contribution in [0.25, 0.3) is 94.3 Å². The second kappa shape index (κ2) is 16.5. The zero-order valence-electron chi connectivity index (χ0n) is 37.3. The van der Waals surface area contributed by atoms with Crippen molar-refractivity contribution in [3.05, 3.63) is 193 Å². The summed E-state index contributed by atoms with van der Waals surface area (Å²) in [6.07, 6.45) is 1.91. The summed E-state index contributed by atoms with van der Waals surface area (Å²) in [5.74, 6) is 0.858. The summed E-state index contributed by atoms with van der Waals surface area (Å²) < 4.78 is 2.23. The number of aromatic hydroxyl groups is 1. The number of rotatable bonds is 6. The molecular weight excluding hydrogens is 962 g/mol. The van der Waals surface area contributed by atoms with E-state index >= 15 is 0 Å².